The highest BCUT2D eigenvalue weighted by atomic mass is 16.1. The van der Waals surface area contributed by atoms with Crippen LogP contribution in [0.4, 0.5) is 0 Å². The summed E-state index contributed by atoms with van der Waals surface area (Å²) in [6, 6.07) is 15.9. The van der Waals surface area contributed by atoms with Crippen LogP contribution in [-0.4, -0.2) is 11.6 Å². The van der Waals surface area contributed by atoms with Crippen molar-refractivity contribution in [3.63, 3.8) is 0 Å². The van der Waals surface area contributed by atoms with Crippen molar-refractivity contribution in [3.8, 4) is 0 Å². The number of carbonyl (C=O) groups is 2. The lowest BCUT2D eigenvalue weighted by Crippen LogP contribution is -2.25. The zero-order chi connectivity index (χ0) is 17.1. The quantitative estimate of drug-likeness (QED) is 0.864. The Morgan fingerprint density at radius 3 is 2.36 bits per heavy atom. The monoisotopic (exact) mass is 327 g/mol. The van der Waals surface area contributed by atoms with Crippen LogP contribution in [0.15, 0.2) is 65.4 Å². The molecule has 5 rings (SSSR count). The van der Waals surface area contributed by atoms with Gasteiger partial charge in [0.05, 0.1) is 5.70 Å². The molecular weight excluding hydrogens is 310 g/mol. The Labute approximate surface area is 146 Å². The molecule has 0 amide bonds. The number of rotatable bonds is 1. The lowest BCUT2D eigenvalue weighted by Gasteiger charge is -2.27. The van der Waals surface area contributed by atoms with E-state index in [2.05, 4.69) is 5.32 Å². The summed E-state index contributed by atoms with van der Waals surface area (Å²) in [6.45, 7) is 2.04. The molecule has 0 bridgehead atoms. The molecule has 2 aromatic rings. The SMILES string of the molecule is Cc1ccc(C2C3=C(CCC3=O)NC3=C2C(=O)c2ccccc23)cc1. The molecule has 1 atom stereocenters. The third-order valence-electron chi connectivity index (χ3n) is 5.45. The molecular formula is C22H17NO2. The molecule has 3 heteroatoms. The minimum absolute atomic E-state index is 0.0370. The molecule has 122 valence electrons. The van der Waals surface area contributed by atoms with E-state index in [4.69, 9.17) is 0 Å². The van der Waals surface area contributed by atoms with E-state index in [9.17, 15) is 9.59 Å². The number of Topliss-reactive ketones (excluding diaryl/α,β-unsaturated/α-hetero) is 2. The Balaban J connectivity index is 1.75. The fourth-order valence-electron chi connectivity index (χ4n) is 4.24. The predicted molar refractivity (Wildman–Crippen MR) is 96.0 cm³/mol. The normalized spacial score (nSPS) is 21.2. The predicted octanol–water partition coefficient (Wildman–Crippen LogP) is 3.91. The first-order valence-electron chi connectivity index (χ1n) is 8.63. The van der Waals surface area contributed by atoms with Crippen LogP contribution < -0.4 is 5.32 Å². The second kappa shape index (κ2) is 5.03. The van der Waals surface area contributed by atoms with Gasteiger partial charge in [-0.1, -0.05) is 54.1 Å². The Bertz CT molecular complexity index is 1010. The molecule has 2 aromatic carbocycles. The van der Waals surface area contributed by atoms with Gasteiger partial charge in [0, 0.05) is 40.3 Å². The minimum Gasteiger partial charge on any atom is -0.358 e. The van der Waals surface area contributed by atoms with Crippen molar-refractivity contribution in [3.05, 3.63) is 87.6 Å². The minimum atomic E-state index is -0.262. The van der Waals surface area contributed by atoms with Crippen LogP contribution in [0.2, 0.25) is 0 Å². The number of hydrogen-bond donors (Lipinski definition) is 1. The van der Waals surface area contributed by atoms with Crippen LogP contribution in [0.3, 0.4) is 0 Å². The summed E-state index contributed by atoms with van der Waals surface area (Å²) in [4.78, 5) is 25.7. The number of fused-ring (bicyclic) bond motifs is 2. The highest BCUT2D eigenvalue weighted by molar-refractivity contribution is 6.23. The summed E-state index contributed by atoms with van der Waals surface area (Å²) in [5.41, 5.74) is 7.24. The summed E-state index contributed by atoms with van der Waals surface area (Å²) < 4.78 is 0. The fraction of sp³-hybridized carbons (Fsp3) is 0.182. The van der Waals surface area contributed by atoms with Gasteiger partial charge in [0.2, 0.25) is 0 Å². The van der Waals surface area contributed by atoms with E-state index < -0.39 is 0 Å². The van der Waals surface area contributed by atoms with Crippen molar-refractivity contribution >= 4 is 17.3 Å². The van der Waals surface area contributed by atoms with Crippen molar-refractivity contribution in [1.82, 2.24) is 5.32 Å². The molecule has 0 radical (unpaired) electrons. The summed E-state index contributed by atoms with van der Waals surface area (Å²) in [7, 11) is 0. The highest BCUT2D eigenvalue weighted by Crippen LogP contribution is 2.49. The molecule has 1 heterocycles. The number of ketones is 2. The van der Waals surface area contributed by atoms with E-state index in [-0.39, 0.29) is 17.5 Å². The van der Waals surface area contributed by atoms with Gasteiger partial charge in [0.1, 0.15) is 0 Å². The van der Waals surface area contributed by atoms with E-state index in [0.717, 1.165) is 45.7 Å². The average molecular weight is 327 g/mol. The van der Waals surface area contributed by atoms with Crippen LogP contribution in [-0.2, 0) is 4.79 Å². The van der Waals surface area contributed by atoms with Crippen LogP contribution in [0.1, 0.15) is 45.8 Å². The molecule has 25 heavy (non-hydrogen) atoms. The number of aryl methyl sites for hydroxylation is 1. The molecule has 1 aliphatic heterocycles. The summed E-state index contributed by atoms with van der Waals surface area (Å²) in [6.07, 6.45) is 1.25. The number of hydrogen-bond acceptors (Lipinski definition) is 3. The zero-order valence-electron chi connectivity index (χ0n) is 13.9. The van der Waals surface area contributed by atoms with Crippen LogP contribution in [0, 0.1) is 6.92 Å². The average Bonchev–Trinajstić information content (AvgIpc) is 3.14. The Hall–Kier alpha value is -2.94. The molecule has 0 saturated carbocycles. The first kappa shape index (κ1) is 14.4. The van der Waals surface area contributed by atoms with Crippen molar-refractivity contribution in [1.29, 1.82) is 0 Å². The zero-order valence-corrected chi connectivity index (χ0v) is 13.9. The van der Waals surface area contributed by atoms with Gasteiger partial charge in [-0.2, -0.15) is 0 Å². The van der Waals surface area contributed by atoms with Gasteiger partial charge in [-0.15, -0.1) is 0 Å². The molecule has 0 aromatic heterocycles. The molecule has 3 aliphatic rings. The number of nitrogens with one attached hydrogen (secondary N) is 1. The summed E-state index contributed by atoms with van der Waals surface area (Å²) >= 11 is 0. The molecule has 0 fully saturated rings. The van der Waals surface area contributed by atoms with Gasteiger partial charge in [-0.3, -0.25) is 9.59 Å². The van der Waals surface area contributed by atoms with Gasteiger partial charge in [0.25, 0.3) is 0 Å². The van der Waals surface area contributed by atoms with Gasteiger partial charge in [-0.25, -0.2) is 0 Å². The number of benzene rings is 2. The maximum absolute atomic E-state index is 13.1. The first-order valence-corrected chi connectivity index (χ1v) is 8.63. The van der Waals surface area contributed by atoms with Crippen molar-refractivity contribution in [2.75, 3.05) is 0 Å². The van der Waals surface area contributed by atoms with Gasteiger partial charge in [0.15, 0.2) is 11.6 Å². The van der Waals surface area contributed by atoms with Crippen molar-refractivity contribution < 1.29 is 9.59 Å². The number of allylic oxidation sites excluding steroid dienone is 3. The third kappa shape index (κ3) is 1.92. The standard InChI is InChI=1S/C22H17NO2/c1-12-6-8-13(9-7-12)18-19-16(10-11-17(19)24)23-21-14-4-2-3-5-15(14)22(25)20(18)21/h2-9,18,23H,10-11H2,1H3. The van der Waals surface area contributed by atoms with Gasteiger partial charge in [-0.05, 0) is 18.9 Å². The smallest absolute Gasteiger partial charge is 0.192 e. The molecule has 1 N–H and O–H groups in total. The molecule has 3 nitrogen and oxygen atoms in total. The third-order valence-corrected chi connectivity index (χ3v) is 5.45. The maximum atomic E-state index is 13.1. The van der Waals surface area contributed by atoms with Gasteiger partial charge < -0.3 is 5.32 Å². The topological polar surface area (TPSA) is 46.2 Å². The molecule has 0 spiro atoms. The largest absolute Gasteiger partial charge is 0.358 e. The van der Waals surface area contributed by atoms with Crippen molar-refractivity contribution in [2.24, 2.45) is 0 Å². The summed E-state index contributed by atoms with van der Waals surface area (Å²) in [5, 5.41) is 3.42. The number of carbonyl (C=O) groups excluding carboxylic acids is 2. The van der Waals surface area contributed by atoms with Gasteiger partial charge >= 0.3 is 0 Å². The second-order valence-electron chi connectivity index (χ2n) is 6.95. The maximum Gasteiger partial charge on any atom is 0.192 e. The molecule has 1 unspecified atom stereocenters. The van der Waals surface area contributed by atoms with E-state index in [1.165, 1.54) is 5.56 Å². The Morgan fingerprint density at radius 2 is 1.60 bits per heavy atom. The van der Waals surface area contributed by atoms with Crippen LogP contribution in [0.25, 0.3) is 5.70 Å². The van der Waals surface area contributed by atoms with E-state index in [1.54, 1.807) is 0 Å². The number of dihydropyridines is 1. The summed E-state index contributed by atoms with van der Waals surface area (Å²) in [5.74, 6) is -0.0694. The Morgan fingerprint density at radius 1 is 0.880 bits per heavy atom. The van der Waals surface area contributed by atoms with E-state index in [0.29, 0.717) is 6.42 Å². The highest BCUT2D eigenvalue weighted by Gasteiger charge is 2.44. The van der Waals surface area contributed by atoms with Crippen molar-refractivity contribution in [2.45, 2.75) is 25.7 Å². The van der Waals surface area contributed by atoms with Crippen LogP contribution in [0.5, 0.6) is 0 Å². The fourth-order valence-corrected chi connectivity index (χ4v) is 4.24. The second-order valence-corrected chi connectivity index (χ2v) is 6.95. The van der Waals surface area contributed by atoms with E-state index in [1.807, 2.05) is 55.5 Å². The lowest BCUT2D eigenvalue weighted by molar-refractivity contribution is -0.115. The molecule has 0 saturated heterocycles. The lowest BCUT2D eigenvalue weighted by atomic mass is 9.79. The molecule has 2 aliphatic carbocycles. The Kier molecular flexibility index (Phi) is 2.90. The van der Waals surface area contributed by atoms with Crippen LogP contribution >= 0.6 is 0 Å². The van der Waals surface area contributed by atoms with E-state index >= 15 is 0 Å². The first-order chi connectivity index (χ1) is 12.1.